The van der Waals surface area contributed by atoms with Crippen LogP contribution < -0.4 is 10.1 Å². The summed E-state index contributed by atoms with van der Waals surface area (Å²) in [5.74, 6) is 0.910. The number of aliphatic hydroxyl groups excluding tert-OH is 1. The number of nitrogens with one attached hydrogen (secondary N) is 1. The van der Waals surface area contributed by atoms with Crippen molar-refractivity contribution in [1.29, 1.82) is 0 Å². The number of ether oxygens (including phenoxy) is 1. The number of benzene rings is 2. The Labute approximate surface area is 120 Å². The lowest BCUT2D eigenvalue weighted by Gasteiger charge is -2.12. The second-order valence-electron chi connectivity index (χ2n) is 4.64. The number of hydrogen-bond donors (Lipinski definition) is 2. The summed E-state index contributed by atoms with van der Waals surface area (Å²) >= 11 is 0. The minimum absolute atomic E-state index is 0.221. The maximum absolute atomic E-state index is 8.76. The van der Waals surface area contributed by atoms with Gasteiger partial charge in [0.05, 0.1) is 0 Å². The van der Waals surface area contributed by atoms with Crippen molar-refractivity contribution in [3.63, 3.8) is 0 Å². The largest absolute Gasteiger partial charge is 0.489 e. The summed E-state index contributed by atoms with van der Waals surface area (Å²) in [4.78, 5) is 0. The van der Waals surface area contributed by atoms with Crippen molar-refractivity contribution in [3.05, 3.63) is 65.7 Å². The third-order valence-corrected chi connectivity index (χ3v) is 3.04. The van der Waals surface area contributed by atoms with E-state index in [2.05, 4.69) is 23.5 Å². The first-order valence-corrected chi connectivity index (χ1v) is 6.96. The van der Waals surface area contributed by atoms with Gasteiger partial charge in [-0.05, 0) is 24.6 Å². The van der Waals surface area contributed by atoms with Gasteiger partial charge in [0.2, 0.25) is 0 Å². The molecular weight excluding hydrogens is 250 g/mol. The van der Waals surface area contributed by atoms with Crippen molar-refractivity contribution in [3.8, 4) is 5.75 Å². The Morgan fingerprint density at radius 3 is 2.50 bits per heavy atom. The van der Waals surface area contributed by atoms with Gasteiger partial charge in [0.25, 0.3) is 0 Å². The van der Waals surface area contributed by atoms with Crippen LogP contribution >= 0.6 is 0 Å². The van der Waals surface area contributed by atoms with Gasteiger partial charge in [-0.15, -0.1) is 0 Å². The third-order valence-electron chi connectivity index (χ3n) is 3.04. The molecule has 0 unspecified atom stereocenters. The van der Waals surface area contributed by atoms with Crippen LogP contribution in [0.15, 0.2) is 54.6 Å². The van der Waals surface area contributed by atoms with Gasteiger partial charge in [-0.3, -0.25) is 0 Å². The smallest absolute Gasteiger partial charge is 0.124 e. The van der Waals surface area contributed by atoms with E-state index in [9.17, 15) is 0 Å². The molecule has 0 bridgehead atoms. The van der Waals surface area contributed by atoms with Crippen molar-refractivity contribution < 1.29 is 9.84 Å². The fraction of sp³-hybridized carbons (Fsp3) is 0.294. The van der Waals surface area contributed by atoms with Crippen molar-refractivity contribution in [2.75, 3.05) is 13.2 Å². The summed E-state index contributed by atoms with van der Waals surface area (Å²) in [6.45, 7) is 2.36. The van der Waals surface area contributed by atoms with Gasteiger partial charge in [-0.25, -0.2) is 0 Å². The van der Waals surface area contributed by atoms with Crippen LogP contribution in [0.4, 0.5) is 0 Å². The predicted octanol–water partition coefficient (Wildman–Crippen LogP) is 2.74. The molecule has 0 saturated heterocycles. The zero-order valence-electron chi connectivity index (χ0n) is 11.6. The van der Waals surface area contributed by atoms with Gasteiger partial charge < -0.3 is 15.2 Å². The monoisotopic (exact) mass is 271 g/mol. The maximum Gasteiger partial charge on any atom is 0.124 e. The number of rotatable bonds is 8. The molecule has 2 aromatic rings. The first kappa shape index (κ1) is 14.6. The molecular formula is C17H21NO2. The first-order chi connectivity index (χ1) is 9.90. The van der Waals surface area contributed by atoms with Crippen LogP contribution in [-0.2, 0) is 13.2 Å². The molecule has 2 rings (SSSR count). The summed E-state index contributed by atoms with van der Waals surface area (Å²) in [6, 6.07) is 18.2. The van der Waals surface area contributed by atoms with Gasteiger partial charge in [0, 0.05) is 18.7 Å². The number of aliphatic hydroxyl groups is 1. The van der Waals surface area contributed by atoms with Crippen LogP contribution in [0.25, 0.3) is 0 Å². The standard InChI is InChI=1S/C17H21NO2/c19-12-6-11-18-13-16-9-4-5-10-17(16)20-14-15-7-2-1-3-8-15/h1-5,7-10,18-19H,6,11-14H2. The van der Waals surface area contributed by atoms with E-state index >= 15 is 0 Å². The highest BCUT2D eigenvalue weighted by molar-refractivity contribution is 5.33. The molecule has 0 aliphatic carbocycles. The van der Waals surface area contributed by atoms with E-state index in [4.69, 9.17) is 9.84 Å². The second kappa shape index (κ2) is 8.35. The molecule has 3 nitrogen and oxygen atoms in total. The van der Waals surface area contributed by atoms with E-state index in [-0.39, 0.29) is 6.61 Å². The lowest BCUT2D eigenvalue weighted by atomic mass is 10.2. The normalized spacial score (nSPS) is 10.4. The SMILES string of the molecule is OCCCNCc1ccccc1OCc1ccccc1. The van der Waals surface area contributed by atoms with Gasteiger partial charge in [0.15, 0.2) is 0 Å². The molecule has 0 spiro atoms. The lowest BCUT2D eigenvalue weighted by Crippen LogP contribution is -2.16. The highest BCUT2D eigenvalue weighted by atomic mass is 16.5. The van der Waals surface area contributed by atoms with Crippen molar-refractivity contribution >= 4 is 0 Å². The van der Waals surface area contributed by atoms with E-state index in [0.717, 1.165) is 36.4 Å². The lowest BCUT2D eigenvalue weighted by molar-refractivity contribution is 0.285. The summed E-state index contributed by atoms with van der Waals surface area (Å²) < 4.78 is 5.89. The minimum Gasteiger partial charge on any atom is -0.489 e. The molecule has 0 aliphatic rings. The molecule has 0 heterocycles. The number of hydrogen-bond acceptors (Lipinski definition) is 3. The van der Waals surface area contributed by atoms with Crippen LogP contribution in [0.5, 0.6) is 5.75 Å². The molecule has 106 valence electrons. The molecule has 0 fully saturated rings. The predicted molar refractivity (Wildman–Crippen MR) is 80.6 cm³/mol. The van der Waals surface area contributed by atoms with E-state index < -0.39 is 0 Å². The topological polar surface area (TPSA) is 41.5 Å². The summed E-state index contributed by atoms with van der Waals surface area (Å²) in [5, 5.41) is 12.1. The van der Waals surface area contributed by atoms with Gasteiger partial charge in [-0.1, -0.05) is 48.5 Å². The van der Waals surface area contributed by atoms with Crippen molar-refractivity contribution in [2.24, 2.45) is 0 Å². The average molecular weight is 271 g/mol. The highest BCUT2D eigenvalue weighted by Crippen LogP contribution is 2.19. The molecule has 0 saturated carbocycles. The van der Waals surface area contributed by atoms with Crippen LogP contribution in [-0.4, -0.2) is 18.3 Å². The molecule has 0 aliphatic heterocycles. The maximum atomic E-state index is 8.76. The van der Waals surface area contributed by atoms with Crippen molar-refractivity contribution in [1.82, 2.24) is 5.32 Å². The Hall–Kier alpha value is -1.84. The summed E-state index contributed by atoms with van der Waals surface area (Å²) in [5.41, 5.74) is 2.30. The zero-order chi connectivity index (χ0) is 14.0. The zero-order valence-corrected chi connectivity index (χ0v) is 11.6. The Balaban J connectivity index is 1.90. The van der Waals surface area contributed by atoms with Gasteiger partial charge in [0.1, 0.15) is 12.4 Å². The molecule has 2 aromatic carbocycles. The van der Waals surface area contributed by atoms with Crippen molar-refractivity contribution in [2.45, 2.75) is 19.6 Å². The molecule has 0 amide bonds. The Kier molecular flexibility index (Phi) is 6.08. The Morgan fingerprint density at radius 1 is 0.950 bits per heavy atom. The van der Waals surface area contributed by atoms with Gasteiger partial charge >= 0.3 is 0 Å². The third kappa shape index (κ3) is 4.68. The molecule has 20 heavy (non-hydrogen) atoms. The van der Waals surface area contributed by atoms with E-state index in [1.54, 1.807) is 0 Å². The molecule has 0 atom stereocenters. The van der Waals surface area contributed by atoms with Crippen LogP contribution in [0, 0.1) is 0 Å². The van der Waals surface area contributed by atoms with E-state index in [1.165, 1.54) is 0 Å². The fourth-order valence-electron chi connectivity index (χ4n) is 1.95. The Bertz CT molecular complexity index is 499. The fourth-order valence-corrected chi connectivity index (χ4v) is 1.95. The van der Waals surface area contributed by atoms with Crippen LogP contribution in [0.3, 0.4) is 0 Å². The quantitative estimate of drug-likeness (QED) is 0.725. The second-order valence-corrected chi connectivity index (χ2v) is 4.64. The van der Waals surface area contributed by atoms with Crippen LogP contribution in [0.1, 0.15) is 17.5 Å². The summed E-state index contributed by atoms with van der Waals surface area (Å²) in [6.07, 6.45) is 0.771. The molecule has 2 N–H and O–H groups in total. The molecule has 3 heteroatoms. The molecule has 0 aromatic heterocycles. The average Bonchev–Trinajstić information content (AvgIpc) is 2.51. The summed E-state index contributed by atoms with van der Waals surface area (Å²) in [7, 11) is 0. The van der Waals surface area contributed by atoms with E-state index in [0.29, 0.717) is 6.61 Å². The first-order valence-electron chi connectivity index (χ1n) is 6.96. The van der Waals surface area contributed by atoms with E-state index in [1.807, 2.05) is 36.4 Å². The highest BCUT2D eigenvalue weighted by Gasteiger charge is 2.02. The molecule has 0 radical (unpaired) electrons. The van der Waals surface area contributed by atoms with Crippen LogP contribution in [0.2, 0.25) is 0 Å². The Morgan fingerprint density at radius 2 is 1.70 bits per heavy atom. The minimum atomic E-state index is 0.221. The number of para-hydroxylation sites is 1. The van der Waals surface area contributed by atoms with Gasteiger partial charge in [-0.2, -0.15) is 0 Å².